The molecule has 11 nitrogen and oxygen atoms in total. The highest BCUT2D eigenvalue weighted by Gasteiger charge is 2.48. The van der Waals surface area contributed by atoms with Gasteiger partial charge in [0.15, 0.2) is 6.10 Å². The summed E-state index contributed by atoms with van der Waals surface area (Å²) in [4.78, 5) is 30.5. The van der Waals surface area contributed by atoms with Crippen LogP contribution >= 0.6 is 0 Å². The van der Waals surface area contributed by atoms with Crippen molar-refractivity contribution in [2.45, 2.75) is 140 Å². The zero-order valence-electron chi connectivity index (χ0n) is 29.5. The van der Waals surface area contributed by atoms with Crippen molar-refractivity contribution in [2.75, 3.05) is 27.2 Å². The Hall–Kier alpha value is -2.28. The minimum Gasteiger partial charge on any atom is -0.457 e. The van der Waals surface area contributed by atoms with Crippen LogP contribution in [0.4, 0.5) is 4.79 Å². The van der Waals surface area contributed by atoms with Gasteiger partial charge in [-0.1, -0.05) is 45.1 Å². The van der Waals surface area contributed by atoms with Gasteiger partial charge >= 0.3 is 12.1 Å². The summed E-state index contributed by atoms with van der Waals surface area (Å²) in [6.45, 7) is 12.7. The van der Waals surface area contributed by atoms with Gasteiger partial charge in [-0.05, 0) is 65.2 Å². The molecule has 0 aromatic carbocycles. The van der Waals surface area contributed by atoms with Gasteiger partial charge in [0.1, 0.15) is 11.7 Å². The minimum atomic E-state index is -1.14. The molecule has 0 aliphatic carbocycles. The minimum absolute atomic E-state index is 0.00187. The molecule has 3 saturated heterocycles. The molecule has 47 heavy (non-hydrogen) atoms. The second kappa shape index (κ2) is 15.5. The van der Waals surface area contributed by atoms with E-state index in [0.717, 1.165) is 18.5 Å². The Morgan fingerprint density at radius 1 is 1.28 bits per heavy atom. The third-order valence-corrected chi connectivity index (χ3v) is 10.8. The first-order chi connectivity index (χ1) is 22.1. The number of methoxy groups -OCH3 is 1. The Morgan fingerprint density at radius 2 is 2.00 bits per heavy atom. The number of aliphatic hydroxyl groups is 3. The van der Waals surface area contributed by atoms with Crippen molar-refractivity contribution in [3.8, 4) is 0 Å². The quantitative estimate of drug-likeness (QED) is 0.137. The molecular formula is C36H58N2O9. The fourth-order valence-corrected chi connectivity index (χ4v) is 7.27. The van der Waals surface area contributed by atoms with E-state index >= 15 is 0 Å². The molecular weight excluding hydrogens is 604 g/mol. The molecule has 1 amide bonds. The number of likely N-dealkylation sites (N-methyl/N-ethyl adjacent to an activating group) is 1. The number of piperazine rings is 1. The van der Waals surface area contributed by atoms with Gasteiger partial charge in [-0.2, -0.15) is 0 Å². The van der Waals surface area contributed by atoms with E-state index in [1.807, 2.05) is 57.7 Å². The van der Waals surface area contributed by atoms with Gasteiger partial charge in [0.25, 0.3) is 0 Å². The van der Waals surface area contributed by atoms with Crippen molar-refractivity contribution in [1.29, 1.82) is 0 Å². The molecule has 4 rings (SSSR count). The highest BCUT2D eigenvalue weighted by molar-refractivity contribution is 5.70. The van der Waals surface area contributed by atoms with Crippen LogP contribution in [0.3, 0.4) is 0 Å². The van der Waals surface area contributed by atoms with Crippen molar-refractivity contribution < 1.29 is 43.9 Å². The molecule has 266 valence electrons. The molecule has 0 aromatic heterocycles. The van der Waals surface area contributed by atoms with Crippen LogP contribution < -0.4 is 0 Å². The first-order valence-electron chi connectivity index (χ1n) is 17.3. The average Bonchev–Trinajstić information content (AvgIpc) is 3.48. The molecule has 0 aromatic rings. The number of carbonyl (C=O) groups excluding carboxylic acids is 2. The topological polar surface area (TPSA) is 142 Å². The summed E-state index contributed by atoms with van der Waals surface area (Å²) in [6, 6.07) is 0.470. The third-order valence-electron chi connectivity index (χ3n) is 10.8. The van der Waals surface area contributed by atoms with Crippen molar-refractivity contribution in [2.24, 2.45) is 11.8 Å². The lowest BCUT2D eigenvalue weighted by atomic mass is 9.88. The molecule has 3 N–H and O–H groups in total. The number of carbonyl (C=O) groups is 2. The number of hydrogen-bond acceptors (Lipinski definition) is 10. The van der Waals surface area contributed by atoms with Gasteiger partial charge in [0.05, 0.1) is 36.4 Å². The standard InChI is InChI=1S/C36H58N2O9/c1-9-28(40)24(4)33-29(45-33)19-35(5,43)15-10-11-22(2)32-23(3)12-13-30(36(6,44-8)16-14-27(39)18-31(41)47-32)46-34(42)38-21-25-17-26(38)20-37(25)7/h10-13,15,23-30,32-33,39-40,43H,9,14,16-21H2,1-8H3/b13-12+,15-10+,22-11+/t23?,24?,25-,26-,27?,28?,29?,30?,32?,33?,35?,36?/m1/s1. The number of likely N-dealkylation sites (tertiary alicyclic amines) is 2. The highest BCUT2D eigenvalue weighted by atomic mass is 16.6. The van der Waals surface area contributed by atoms with Gasteiger partial charge in [0, 0.05) is 50.5 Å². The van der Waals surface area contributed by atoms with Crippen LogP contribution in [0.25, 0.3) is 0 Å². The highest BCUT2D eigenvalue weighted by Crippen LogP contribution is 2.38. The van der Waals surface area contributed by atoms with Crippen LogP contribution in [-0.4, -0.2) is 124 Å². The number of epoxide rings is 1. The molecule has 0 radical (unpaired) electrons. The summed E-state index contributed by atoms with van der Waals surface area (Å²) in [7, 11) is 3.65. The summed E-state index contributed by atoms with van der Waals surface area (Å²) in [5.41, 5.74) is -1.33. The van der Waals surface area contributed by atoms with E-state index in [1.165, 1.54) is 0 Å². The Morgan fingerprint density at radius 3 is 2.62 bits per heavy atom. The van der Waals surface area contributed by atoms with Gasteiger partial charge < -0.3 is 39.2 Å². The fourth-order valence-electron chi connectivity index (χ4n) is 7.27. The maximum absolute atomic E-state index is 13.4. The van der Waals surface area contributed by atoms with Gasteiger partial charge in [-0.3, -0.25) is 9.69 Å². The van der Waals surface area contributed by atoms with Crippen molar-refractivity contribution in [1.82, 2.24) is 9.80 Å². The number of hydrogen-bond donors (Lipinski definition) is 3. The fraction of sp³-hybridized carbons (Fsp3) is 0.778. The van der Waals surface area contributed by atoms with Crippen LogP contribution in [0.5, 0.6) is 0 Å². The van der Waals surface area contributed by atoms with Crippen LogP contribution in [0.1, 0.15) is 80.1 Å². The molecule has 11 heteroatoms. The Labute approximate surface area is 280 Å². The first kappa shape index (κ1) is 37.5. The first-order valence-corrected chi connectivity index (χ1v) is 17.3. The molecule has 0 spiro atoms. The van der Waals surface area contributed by atoms with E-state index in [0.29, 0.717) is 31.8 Å². The second-order valence-corrected chi connectivity index (χ2v) is 14.8. The predicted octanol–water partition coefficient (Wildman–Crippen LogP) is 3.75. The van der Waals surface area contributed by atoms with Gasteiger partial charge in [0.2, 0.25) is 0 Å². The van der Waals surface area contributed by atoms with Gasteiger partial charge in [-0.15, -0.1) is 0 Å². The smallest absolute Gasteiger partial charge is 0.410 e. The maximum atomic E-state index is 13.4. The van der Waals surface area contributed by atoms with Crippen LogP contribution in [0.15, 0.2) is 36.0 Å². The van der Waals surface area contributed by atoms with Crippen molar-refractivity contribution in [3.63, 3.8) is 0 Å². The lowest BCUT2D eigenvalue weighted by Gasteiger charge is -2.38. The summed E-state index contributed by atoms with van der Waals surface area (Å²) in [5, 5.41) is 31.9. The van der Waals surface area contributed by atoms with Crippen molar-refractivity contribution in [3.05, 3.63) is 36.0 Å². The summed E-state index contributed by atoms with van der Waals surface area (Å²) in [5.74, 6) is -0.826. The SMILES string of the molecule is CCC(O)C(C)C1OC1CC(C)(O)/C=C/C=C(\C)C1OC(=O)CC(O)CCC(C)(OC)C(OC(=O)N2C[C@H]3C[C@@H]2CN3C)/C=C/C1C. The number of nitrogens with zero attached hydrogens (tertiary/aromatic N) is 2. The largest absolute Gasteiger partial charge is 0.457 e. The van der Waals surface area contributed by atoms with Crippen LogP contribution in [0, 0.1) is 11.8 Å². The normalized spacial score (nSPS) is 38.7. The number of ether oxygens (including phenoxy) is 4. The van der Waals surface area contributed by atoms with E-state index in [-0.39, 0.29) is 49.0 Å². The number of esters is 1. The van der Waals surface area contributed by atoms with E-state index in [9.17, 15) is 24.9 Å². The van der Waals surface area contributed by atoms with Crippen LogP contribution in [-0.2, 0) is 23.7 Å². The Balaban J connectivity index is 1.49. The number of cyclic esters (lactones) is 1. The summed E-state index contributed by atoms with van der Waals surface area (Å²) >= 11 is 0. The number of rotatable bonds is 10. The molecule has 4 heterocycles. The molecule has 4 aliphatic rings. The second-order valence-electron chi connectivity index (χ2n) is 14.8. The third kappa shape index (κ3) is 9.45. The Kier molecular flexibility index (Phi) is 12.4. The monoisotopic (exact) mass is 662 g/mol. The summed E-state index contributed by atoms with van der Waals surface area (Å²) in [6.07, 6.45) is 8.04. The number of amides is 1. The van der Waals surface area contributed by atoms with E-state index < -0.39 is 41.6 Å². The number of aliphatic hydroxyl groups excluding tert-OH is 2. The zero-order chi connectivity index (χ0) is 34.7. The van der Waals surface area contributed by atoms with E-state index in [2.05, 4.69) is 11.9 Å². The van der Waals surface area contributed by atoms with Crippen LogP contribution in [0.2, 0.25) is 0 Å². The number of fused-ring (bicyclic) bond motifs is 2. The lowest BCUT2D eigenvalue weighted by molar-refractivity contribution is -0.151. The van der Waals surface area contributed by atoms with Gasteiger partial charge in [-0.25, -0.2) is 4.79 Å². The van der Waals surface area contributed by atoms with E-state index in [4.69, 9.17) is 18.9 Å². The summed E-state index contributed by atoms with van der Waals surface area (Å²) < 4.78 is 23.7. The zero-order valence-corrected chi connectivity index (χ0v) is 29.5. The lowest BCUT2D eigenvalue weighted by Crippen LogP contribution is -2.51. The molecule has 12 atom stereocenters. The number of allylic oxidation sites excluding steroid dienone is 2. The molecule has 4 aliphatic heterocycles. The van der Waals surface area contributed by atoms with Crippen molar-refractivity contribution >= 4 is 12.1 Å². The average molecular weight is 663 g/mol. The molecule has 3 fully saturated rings. The molecule has 10 unspecified atom stereocenters. The van der Waals surface area contributed by atoms with E-state index in [1.54, 1.807) is 26.2 Å². The molecule has 0 saturated carbocycles. The maximum Gasteiger partial charge on any atom is 0.410 e. The molecule has 2 bridgehead atoms. The predicted molar refractivity (Wildman–Crippen MR) is 178 cm³/mol. The Bertz CT molecular complexity index is 1180.